The largest absolute Gasteiger partial charge is 0.486 e. The molecule has 0 aliphatic heterocycles. The fourth-order valence-corrected chi connectivity index (χ4v) is 1.79. The van der Waals surface area contributed by atoms with Crippen LogP contribution < -0.4 is 4.74 Å². The molecule has 0 spiro atoms. The van der Waals surface area contributed by atoms with Crippen molar-refractivity contribution in [3.8, 4) is 5.75 Å². The minimum absolute atomic E-state index is 0.125. The van der Waals surface area contributed by atoms with E-state index in [-0.39, 0.29) is 12.2 Å². The second kappa shape index (κ2) is 5.64. The molecular weight excluding hydrogens is 298 g/mol. The Morgan fingerprint density at radius 1 is 1.33 bits per heavy atom. The monoisotopic (exact) mass is 307 g/mol. The summed E-state index contributed by atoms with van der Waals surface area (Å²) < 4.78 is 6.17. The average molecular weight is 308 g/mol. The maximum atomic E-state index is 11.1. The number of carbonyl (C=O) groups is 1. The molecule has 0 saturated carbocycles. The molecule has 0 aliphatic rings. The minimum Gasteiger partial charge on any atom is -0.486 e. The highest BCUT2D eigenvalue weighted by atomic mass is 79.9. The molecule has 0 fully saturated rings. The first kappa shape index (κ1) is 12.6. The Morgan fingerprint density at radius 3 is 2.83 bits per heavy atom. The van der Waals surface area contributed by atoms with Gasteiger partial charge < -0.3 is 9.84 Å². The Balaban J connectivity index is 2.17. The van der Waals surface area contributed by atoms with Crippen LogP contribution in [0.1, 0.15) is 16.1 Å². The van der Waals surface area contributed by atoms with Crippen LogP contribution in [0.25, 0.3) is 0 Å². The van der Waals surface area contributed by atoms with E-state index in [1.54, 1.807) is 18.3 Å². The first-order chi connectivity index (χ1) is 8.66. The van der Waals surface area contributed by atoms with E-state index in [2.05, 4.69) is 20.9 Å². The maximum absolute atomic E-state index is 11.1. The molecular formula is C13H10BrNO3. The van der Waals surface area contributed by atoms with E-state index < -0.39 is 5.97 Å². The maximum Gasteiger partial charge on any atom is 0.339 e. The molecule has 1 aromatic carbocycles. The van der Waals surface area contributed by atoms with Crippen molar-refractivity contribution >= 4 is 21.9 Å². The molecule has 5 heteroatoms. The van der Waals surface area contributed by atoms with Crippen LogP contribution in [0.4, 0.5) is 0 Å². The van der Waals surface area contributed by atoms with Crippen molar-refractivity contribution in [1.29, 1.82) is 0 Å². The zero-order chi connectivity index (χ0) is 13.0. The molecule has 1 N–H and O–H groups in total. The van der Waals surface area contributed by atoms with Crippen molar-refractivity contribution in [2.45, 2.75) is 6.61 Å². The zero-order valence-corrected chi connectivity index (χ0v) is 10.9. The number of aromatic carboxylic acids is 1. The number of aromatic nitrogens is 1. The number of hydrogen-bond acceptors (Lipinski definition) is 3. The highest BCUT2D eigenvalue weighted by Gasteiger charge is 2.12. The van der Waals surface area contributed by atoms with Crippen LogP contribution >= 0.6 is 15.9 Å². The summed E-state index contributed by atoms with van der Waals surface area (Å²) in [6, 6.07) is 10.4. The van der Waals surface area contributed by atoms with Crippen molar-refractivity contribution in [3.63, 3.8) is 0 Å². The summed E-state index contributed by atoms with van der Waals surface area (Å²) in [5.41, 5.74) is 0.872. The van der Waals surface area contributed by atoms with Crippen molar-refractivity contribution in [3.05, 3.63) is 58.3 Å². The fourth-order valence-electron chi connectivity index (χ4n) is 1.43. The number of pyridine rings is 1. The van der Waals surface area contributed by atoms with Crippen LogP contribution in [0.2, 0.25) is 0 Å². The SMILES string of the molecule is O=C(O)c1cc(Br)ccc1OCc1ccccn1. The van der Waals surface area contributed by atoms with E-state index in [4.69, 9.17) is 9.84 Å². The van der Waals surface area contributed by atoms with Gasteiger partial charge in [0.15, 0.2) is 0 Å². The number of carboxylic acid groups (broad SMARTS) is 1. The van der Waals surface area contributed by atoms with Gasteiger partial charge in [0, 0.05) is 10.7 Å². The van der Waals surface area contributed by atoms with Gasteiger partial charge in [0.1, 0.15) is 17.9 Å². The highest BCUT2D eigenvalue weighted by Crippen LogP contribution is 2.23. The first-order valence-corrected chi connectivity index (χ1v) is 6.01. The van der Waals surface area contributed by atoms with Gasteiger partial charge in [0.25, 0.3) is 0 Å². The van der Waals surface area contributed by atoms with Gasteiger partial charge in [-0.05, 0) is 30.3 Å². The Hall–Kier alpha value is -1.88. The quantitative estimate of drug-likeness (QED) is 0.943. The van der Waals surface area contributed by atoms with E-state index in [0.717, 1.165) is 5.69 Å². The molecule has 0 saturated heterocycles. The standard InChI is InChI=1S/C13H10BrNO3/c14-9-4-5-12(11(7-9)13(16)17)18-8-10-3-1-2-6-15-10/h1-7H,8H2,(H,16,17). The molecule has 0 atom stereocenters. The summed E-state index contributed by atoms with van der Waals surface area (Å²) in [7, 11) is 0. The summed E-state index contributed by atoms with van der Waals surface area (Å²) >= 11 is 3.23. The molecule has 1 aromatic heterocycles. The molecule has 2 rings (SSSR count). The predicted molar refractivity (Wildman–Crippen MR) is 69.7 cm³/mol. The number of benzene rings is 1. The second-order valence-electron chi connectivity index (χ2n) is 3.56. The van der Waals surface area contributed by atoms with Gasteiger partial charge in [-0.1, -0.05) is 22.0 Å². The Labute approximate surface area is 112 Å². The summed E-state index contributed by atoms with van der Waals surface area (Å²) in [5.74, 6) is -0.691. The van der Waals surface area contributed by atoms with Gasteiger partial charge in [0.2, 0.25) is 0 Å². The number of carboxylic acids is 1. The molecule has 4 nitrogen and oxygen atoms in total. The van der Waals surface area contributed by atoms with E-state index in [1.165, 1.54) is 6.07 Å². The molecule has 18 heavy (non-hydrogen) atoms. The molecule has 0 radical (unpaired) electrons. The van der Waals surface area contributed by atoms with Crippen LogP contribution in [0.15, 0.2) is 47.1 Å². The summed E-state index contributed by atoms with van der Waals surface area (Å²) in [5, 5.41) is 9.07. The average Bonchev–Trinajstić information content (AvgIpc) is 2.38. The van der Waals surface area contributed by atoms with Crippen LogP contribution in [0.5, 0.6) is 5.75 Å². The van der Waals surface area contributed by atoms with Crippen LogP contribution in [-0.2, 0) is 6.61 Å². The van der Waals surface area contributed by atoms with Crippen molar-refractivity contribution in [2.24, 2.45) is 0 Å². The number of hydrogen-bond donors (Lipinski definition) is 1. The topological polar surface area (TPSA) is 59.4 Å². The molecule has 0 unspecified atom stereocenters. The van der Waals surface area contributed by atoms with Gasteiger partial charge in [-0.3, -0.25) is 4.98 Å². The van der Waals surface area contributed by atoms with Crippen molar-refractivity contribution in [1.82, 2.24) is 4.98 Å². The lowest BCUT2D eigenvalue weighted by Gasteiger charge is -2.08. The van der Waals surface area contributed by atoms with Gasteiger partial charge in [-0.25, -0.2) is 4.79 Å². The number of ether oxygens (including phenoxy) is 1. The highest BCUT2D eigenvalue weighted by molar-refractivity contribution is 9.10. The smallest absolute Gasteiger partial charge is 0.339 e. The lowest BCUT2D eigenvalue weighted by Crippen LogP contribution is -2.04. The van der Waals surface area contributed by atoms with Gasteiger partial charge in [-0.15, -0.1) is 0 Å². The lowest BCUT2D eigenvalue weighted by molar-refractivity contribution is 0.0691. The van der Waals surface area contributed by atoms with E-state index >= 15 is 0 Å². The molecule has 2 aromatic rings. The number of nitrogens with zero attached hydrogens (tertiary/aromatic N) is 1. The molecule has 0 aliphatic carbocycles. The van der Waals surface area contributed by atoms with Gasteiger partial charge in [0.05, 0.1) is 5.69 Å². The molecule has 92 valence electrons. The predicted octanol–water partition coefficient (Wildman–Crippen LogP) is 3.12. The number of rotatable bonds is 4. The summed E-state index contributed by atoms with van der Waals surface area (Å²) in [4.78, 5) is 15.2. The third-order valence-corrected chi connectivity index (χ3v) is 2.77. The van der Waals surface area contributed by atoms with Crippen LogP contribution in [-0.4, -0.2) is 16.1 Å². The van der Waals surface area contributed by atoms with Crippen molar-refractivity contribution < 1.29 is 14.6 Å². The third kappa shape index (κ3) is 3.07. The Kier molecular flexibility index (Phi) is 3.94. The minimum atomic E-state index is -1.02. The normalized spacial score (nSPS) is 10.1. The summed E-state index contributed by atoms with van der Waals surface area (Å²) in [6.07, 6.45) is 1.67. The van der Waals surface area contributed by atoms with Crippen LogP contribution in [0, 0.1) is 0 Å². The first-order valence-electron chi connectivity index (χ1n) is 5.22. The van der Waals surface area contributed by atoms with Gasteiger partial charge in [-0.2, -0.15) is 0 Å². The molecule has 1 heterocycles. The molecule has 0 amide bonds. The van der Waals surface area contributed by atoms with E-state index in [9.17, 15) is 4.79 Å². The lowest BCUT2D eigenvalue weighted by atomic mass is 10.2. The van der Waals surface area contributed by atoms with Gasteiger partial charge >= 0.3 is 5.97 Å². The van der Waals surface area contributed by atoms with Crippen LogP contribution in [0.3, 0.4) is 0 Å². The Bertz CT molecular complexity index is 557. The Morgan fingerprint density at radius 2 is 2.17 bits per heavy atom. The number of halogens is 1. The fraction of sp³-hybridized carbons (Fsp3) is 0.0769. The zero-order valence-electron chi connectivity index (χ0n) is 9.34. The second-order valence-corrected chi connectivity index (χ2v) is 4.47. The third-order valence-electron chi connectivity index (χ3n) is 2.27. The van der Waals surface area contributed by atoms with E-state index in [0.29, 0.717) is 10.2 Å². The summed E-state index contributed by atoms with van der Waals surface area (Å²) in [6.45, 7) is 0.239. The van der Waals surface area contributed by atoms with Crippen molar-refractivity contribution in [2.75, 3.05) is 0 Å². The molecule has 0 bridgehead atoms. The van der Waals surface area contributed by atoms with E-state index in [1.807, 2.05) is 18.2 Å².